The summed E-state index contributed by atoms with van der Waals surface area (Å²) >= 11 is 0. The Hall–Kier alpha value is -2.01. The minimum Gasteiger partial charge on any atom is -0.381 e. The van der Waals surface area contributed by atoms with E-state index in [4.69, 9.17) is 4.74 Å². The van der Waals surface area contributed by atoms with Gasteiger partial charge in [-0.2, -0.15) is 0 Å². The summed E-state index contributed by atoms with van der Waals surface area (Å²) in [6.07, 6.45) is 2.30. The van der Waals surface area contributed by atoms with Gasteiger partial charge in [-0.15, -0.1) is 0 Å². The summed E-state index contributed by atoms with van der Waals surface area (Å²) in [6, 6.07) is 7.49. The fraction of sp³-hybridized carbons (Fsp3) is 0.438. The first-order valence-electron chi connectivity index (χ1n) is 7.24. The van der Waals surface area contributed by atoms with Crippen LogP contribution >= 0.6 is 0 Å². The molecule has 2 aromatic rings. The third kappa shape index (κ3) is 4.79. The van der Waals surface area contributed by atoms with E-state index in [0.29, 0.717) is 24.8 Å². The lowest BCUT2D eigenvalue weighted by atomic mass is 10.2. The lowest BCUT2D eigenvalue weighted by molar-refractivity contribution is 0.0920. The van der Waals surface area contributed by atoms with Gasteiger partial charge in [-0.3, -0.25) is 9.78 Å². The molecule has 1 heterocycles. The minimum absolute atomic E-state index is 0.197. The van der Waals surface area contributed by atoms with Crippen LogP contribution in [0, 0.1) is 5.92 Å². The van der Waals surface area contributed by atoms with Gasteiger partial charge in [0.1, 0.15) is 5.69 Å². The second kappa shape index (κ2) is 7.69. The van der Waals surface area contributed by atoms with Gasteiger partial charge >= 0.3 is 0 Å². The summed E-state index contributed by atoms with van der Waals surface area (Å²) in [5, 5.41) is 2.83. The van der Waals surface area contributed by atoms with Crippen LogP contribution < -0.4 is 5.32 Å². The molecule has 1 aromatic heterocycles. The van der Waals surface area contributed by atoms with Gasteiger partial charge < -0.3 is 10.1 Å². The number of hydrogen-bond acceptors (Lipinski definition) is 4. The molecule has 0 spiro atoms. The van der Waals surface area contributed by atoms with Crippen LogP contribution in [-0.4, -0.2) is 35.6 Å². The highest BCUT2D eigenvalue weighted by Gasteiger charge is 2.08. The van der Waals surface area contributed by atoms with Crippen molar-refractivity contribution in [3.8, 4) is 0 Å². The van der Waals surface area contributed by atoms with E-state index < -0.39 is 0 Å². The maximum Gasteiger partial charge on any atom is 0.271 e. The smallest absolute Gasteiger partial charge is 0.271 e. The lowest BCUT2D eigenvalue weighted by Crippen LogP contribution is -2.26. The zero-order valence-electron chi connectivity index (χ0n) is 12.5. The third-order valence-electron chi connectivity index (χ3n) is 2.88. The normalized spacial score (nSPS) is 11.0. The average Bonchev–Trinajstić information content (AvgIpc) is 2.49. The number of fused-ring (bicyclic) bond motifs is 1. The maximum atomic E-state index is 12.0. The van der Waals surface area contributed by atoms with E-state index >= 15 is 0 Å². The molecule has 0 radical (unpaired) electrons. The Labute approximate surface area is 124 Å². The number of carbonyl (C=O) groups is 1. The number of amides is 1. The predicted octanol–water partition coefficient (Wildman–Crippen LogP) is 2.42. The number of benzene rings is 1. The van der Waals surface area contributed by atoms with Crippen LogP contribution in [0.25, 0.3) is 11.0 Å². The fourth-order valence-corrected chi connectivity index (χ4v) is 1.85. The lowest BCUT2D eigenvalue weighted by Gasteiger charge is -2.07. The van der Waals surface area contributed by atoms with Crippen molar-refractivity contribution >= 4 is 16.9 Å². The second-order valence-corrected chi connectivity index (χ2v) is 5.32. The highest BCUT2D eigenvalue weighted by Crippen LogP contribution is 2.08. The molecule has 112 valence electrons. The number of carbonyl (C=O) groups excluding carboxylic acids is 1. The molecular formula is C16H21N3O2. The minimum atomic E-state index is -0.197. The van der Waals surface area contributed by atoms with Gasteiger partial charge in [-0.05, 0) is 24.5 Å². The molecule has 0 saturated carbocycles. The molecule has 0 unspecified atom stereocenters. The van der Waals surface area contributed by atoms with Crippen molar-refractivity contribution in [2.45, 2.75) is 20.3 Å². The molecule has 0 aliphatic heterocycles. The van der Waals surface area contributed by atoms with Gasteiger partial charge in [-0.25, -0.2) is 4.98 Å². The maximum absolute atomic E-state index is 12.0. The average molecular weight is 287 g/mol. The van der Waals surface area contributed by atoms with Crippen LogP contribution in [0.2, 0.25) is 0 Å². The summed E-state index contributed by atoms with van der Waals surface area (Å²) in [6.45, 7) is 6.21. The monoisotopic (exact) mass is 287 g/mol. The van der Waals surface area contributed by atoms with Gasteiger partial charge in [0.05, 0.1) is 17.2 Å². The third-order valence-corrected chi connectivity index (χ3v) is 2.88. The van der Waals surface area contributed by atoms with Crippen molar-refractivity contribution in [1.82, 2.24) is 15.3 Å². The molecule has 1 aromatic carbocycles. The number of rotatable bonds is 7. The SMILES string of the molecule is CC(C)COCCCNC(=O)c1cnc2ccccc2n1. The molecule has 5 nitrogen and oxygen atoms in total. The second-order valence-electron chi connectivity index (χ2n) is 5.32. The molecule has 1 amide bonds. The van der Waals surface area contributed by atoms with E-state index in [1.54, 1.807) is 0 Å². The van der Waals surface area contributed by atoms with Crippen molar-refractivity contribution in [3.05, 3.63) is 36.2 Å². The predicted molar refractivity (Wildman–Crippen MR) is 82.1 cm³/mol. The number of ether oxygens (including phenoxy) is 1. The summed E-state index contributed by atoms with van der Waals surface area (Å²) in [5.74, 6) is 0.338. The van der Waals surface area contributed by atoms with Gasteiger partial charge in [0, 0.05) is 19.8 Å². The number of hydrogen-bond donors (Lipinski definition) is 1. The van der Waals surface area contributed by atoms with Crippen molar-refractivity contribution in [2.24, 2.45) is 5.92 Å². The fourth-order valence-electron chi connectivity index (χ4n) is 1.85. The summed E-state index contributed by atoms with van der Waals surface area (Å²) in [7, 11) is 0. The molecule has 0 saturated heterocycles. The molecule has 0 aliphatic rings. The van der Waals surface area contributed by atoms with E-state index in [0.717, 1.165) is 24.1 Å². The quantitative estimate of drug-likeness (QED) is 0.794. The molecule has 21 heavy (non-hydrogen) atoms. The Morgan fingerprint density at radius 3 is 2.81 bits per heavy atom. The van der Waals surface area contributed by atoms with Gasteiger partial charge in [0.25, 0.3) is 5.91 Å². The van der Waals surface area contributed by atoms with Crippen molar-refractivity contribution in [1.29, 1.82) is 0 Å². The number of nitrogens with zero attached hydrogens (tertiary/aromatic N) is 2. The number of nitrogens with one attached hydrogen (secondary N) is 1. The van der Waals surface area contributed by atoms with Crippen LogP contribution in [0.3, 0.4) is 0 Å². The van der Waals surface area contributed by atoms with Crippen LogP contribution in [-0.2, 0) is 4.74 Å². The summed E-state index contributed by atoms with van der Waals surface area (Å²) < 4.78 is 5.46. The number of para-hydroxylation sites is 2. The van der Waals surface area contributed by atoms with Crippen LogP contribution in [0.1, 0.15) is 30.8 Å². The van der Waals surface area contributed by atoms with Crippen LogP contribution in [0.4, 0.5) is 0 Å². The molecule has 1 N–H and O–H groups in total. The Bertz CT molecular complexity index is 599. The van der Waals surface area contributed by atoms with E-state index in [2.05, 4.69) is 29.1 Å². The van der Waals surface area contributed by atoms with Crippen molar-refractivity contribution in [3.63, 3.8) is 0 Å². The van der Waals surface area contributed by atoms with Gasteiger partial charge in [-0.1, -0.05) is 26.0 Å². The van der Waals surface area contributed by atoms with Crippen LogP contribution in [0.5, 0.6) is 0 Å². The first kappa shape index (κ1) is 15.4. The Balaban J connectivity index is 1.79. The first-order chi connectivity index (χ1) is 10.2. The molecule has 0 atom stereocenters. The highest BCUT2D eigenvalue weighted by molar-refractivity contribution is 5.93. The van der Waals surface area contributed by atoms with Crippen molar-refractivity contribution < 1.29 is 9.53 Å². The first-order valence-corrected chi connectivity index (χ1v) is 7.24. The van der Waals surface area contributed by atoms with Gasteiger partial charge in [0.2, 0.25) is 0 Å². The highest BCUT2D eigenvalue weighted by atomic mass is 16.5. The van der Waals surface area contributed by atoms with E-state index in [-0.39, 0.29) is 5.91 Å². The van der Waals surface area contributed by atoms with E-state index in [1.807, 2.05) is 24.3 Å². The topological polar surface area (TPSA) is 64.1 Å². The molecule has 0 aliphatic carbocycles. The molecule has 0 fully saturated rings. The molecule has 2 rings (SSSR count). The number of aromatic nitrogens is 2. The Morgan fingerprint density at radius 1 is 1.29 bits per heavy atom. The largest absolute Gasteiger partial charge is 0.381 e. The molecule has 0 bridgehead atoms. The Morgan fingerprint density at radius 2 is 2.05 bits per heavy atom. The summed E-state index contributed by atoms with van der Waals surface area (Å²) in [5.41, 5.74) is 1.86. The van der Waals surface area contributed by atoms with E-state index in [1.165, 1.54) is 6.20 Å². The standard InChI is InChI=1S/C16H21N3O2/c1-12(2)11-21-9-5-8-17-16(20)15-10-18-13-6-3-4-7-14(13)19-15/h3-4,6-7,10,12H,5,8-9,11H2,1-2H3,(H,17,20). The molecular weight excluding hydrogens is 266 g/mol. The Kier molecular flexibility index (Phi) is 5.63. The van der Waals surface area contributed by atoms with E-state index in [9.17, 15) is 4.79 Å². The van der Waals surface area contributed by atoms with Crippen molar-refractivity contribution in [2.75, 3.05) is 19.8 Å². The zero-order chi connectivity index (χ0) is 15.1. The molecule has 5 heteroatoms. The van der Waals surface area contributed by atoms with Crippen LogP contribution in [0.15, 0.2) is 30.5 Å². The van der Waals surface area contributed by atoms with Gasteiger partial charge in [0.15, 0.2) is 0 Å². The summed E-state index contributed by atoms with van der Waals surface area (Å²) in [4.78, 5) is 20.5. The zero-order valence-corrected chi connectivity index (χ0v) is 12.5.